The second-order valence-corrected chi connectivity index (χ2v) is 8.86. The molecule has 0 aliphatic carbocycles. The van der Waals surface area contributed by atoms with E-state index in [0.29, 0.717) is 31.7 Å². The summed E-state index contributed by atoms with van der Waals surface area (Å²) in [5.41, 5.74) is 25.6. The summed E-state index contributed by atoms with van der Waals surface area (Å²) in [6.07, 6.45) is 1.36. The fourth-order valence-electron chi connectivity index (χ4n) is 1.98. The van der Waals surface area contributed by atoms with Crippen molar-refractivity contribution in [1.82, 2.24) is 5.32 Å². The Hall–Kier alpha value is -3.05. The zero-order chi connectivity index (χ0) is 31.2. The van der Waals surface area contributed by atoms with Crippen LogP contribution in [0.1, 0.15) is 60.3 Å². The van der Waals surface area contributed by atoms with Crippen LogP contribution in [0.4, 0.5) is 0 Å². The van der Waals surface area contributed by atoms with Crippen molar-refractivity contribution in [2.45, 2.75) is 90.6 Å². The molecule has 0 spiro atoms. The topological polar surface area (TPSA) is 335 Å². The monoisotopic (exact) mass is 555 g/mol. The summed E-state index contributed by atoms with van der Waals surface area (Å²) < 4.78 is 0. The number of aliphatic hydroxyl groups excluding tert-OH is 1. The van der Waals surface area contributed by atoms with Gasteiger partial charge in [-0.2, -0.15) is 0 Å². The van der Waals surface area contributed by atoms with Crippen LogP contribution >= 0.6 is 0 Å². The van der Waals surface area contributed by atoms with Gasteiger partial charge in [-0.05, 0) is 38.0 Å². The van der Waals surface area contributed by atoms with E-state index in [-0.39, 0.29) is 11.9 Å². The second-order valence-electron chi connectivity index (χ2n) is 8.86. The van der Waals surface area contributed by atoms with Crippen molar-refractivity contribution in [3.8, 4) is 0 Å². The molecule has 0 saturated heterocycles. The maximum absolute atomic E-state index is 10.2. The molecule has 16 nitrogen and oxygen atoms in total. The van der Waals surface area contributed by atoms with Gasteiger partial charge >= 0.3 is 23.9 Å². The normalized spacial score (nSPS) is 14.7. The third-order valence-corrected chi connectivity index (χ3v) is 4.71. The zero-order valence-corrected chi connectivity index (χ0v) is 22.8. The van der Waals surface area contributed by atoms with Gasteiger partial charge in [-0.3, -0.25) is 24.6 Å². The van der Waals surface area contributed by atoms with Crippen molar-refractivity contribution in [3.63, 3.8) is 0 Å². The predicted octanol–water partition coefficient (Wildman–Crippen LogP) is -1.67. The van der Waals surface area contributed by atoms with E-state index in [2.05, 4.69) is 5.32 Å². The minimum absolute atomic E-state index is 0.0718. The first-order valence-corrected chi connectivity index (χ1v) is 11.9. The van der Waals surface area contributed by atoms with Gasteiger partial charge in [0.15, 0.2) is 5.96 Å². The third kappa shape index (κ3) is 29.2. The molecule has 0 aliphatic heterocycles. The molecule has 6 atom stereocenters. The van der Waals surface area contributed by atoms with E-state index in [9.17, 15) is 19.2 Å². The Bertz CT molecular complexity index is 694. The summed E-state index contributed by atoms with van der Waals surface area (Å²) in [5.74, 6) is -3.69. The lowest BCUT2D eigenvalue weighted by Gasteiger charge is -2.11. The molecule has 0 aromatic heterocycles. The highest BCUT2D eigenvalue weighted by Crippen LogP contribution is 2.04. The SMILES string of the molecule is CC(C)CC(N)C(=O)O.CC(O)C(N)C(=O)O.CCC(C)C(N)C(=O)O.N=C(N)NCCCC(N)C(=O)O. The van der Waals surface area contributed by atoms with Gasteiger partial charge in [0, 0.05) is 6.54 Å². The van der Waals surface area contributed by atoms with Crippen LogP contribution in [-0.4, -0.2) is 92.2 Å². The number of hydrogen-bond donors (Lipinski definition) is 12. The highest BCUT2D eigenvalue weighted by Gasteiger charge is 2.17. The van der Waals surface area contributed by atoms with Gasteiger partial charge in [0.25, 0.3) is 0 Å². The average molecular weight is 556 g/mol. The van der Waals surface area contributed by atoms with E-state index < -0.39 is 54.1 Å². The second kappa shape index (κ2) is 24.3. The van der Waals surface area contributed by atoms with Crippen LogP contribution in [-0.2, 0) is 19.2 Å². The number of guanidine groups is 1. The number of nitrogens with two attached hydrogens (primary N) is 5. The average Bonchev–Trinajstić information content (AvgIpc) is 2.80. The van der Waals surface area contributed by atoms with Gasteiger partial charge in [0.2, 0.25) is 0 Å². The molecule has 0 aliphatic rings. The van der Waals surface area contributed by atoms with Crippen molar-refractivity contribution in [2.75, 3.05) is 6.54 Å². The minimum Gasteiger partial charge on any atom is -0.480 e. The van der Waals surface area contributed by atoms with Crippen LogP contribution in [0.15, 0.2) is 0 Å². The summed E-state index contributed by atoms with van der Waals surface area (Å²) >= 11 is 0. The van der Waals surface area contributed by atoms with Gasteiger partial charge in [-0.15, -0.1) is 0 Å². The molecule has 17 N–H and O–H groups in total. The number of aliphatic hydroxyl groups is 1. The van der Waals surface area contributed by atoms with Gasteiger partial charge < -0.3 is 59.5 Å². The van der Waals surface area contributed by atoms with Crippen LogP contribution in [0.3, 0.4) is 0 Å². The summed E-state index contributed by atoms with van der Waals surface area (Å²) in [6.45, 7) is 9.47. The molecule has 226 valence electrons. The standard InChI is InChI=1S/C6H14N4O2.2C6H13NO2.C4H9NO3/c7-4(5(11)12)2-1-3-10-6(8)9;1-4(2)3-5(7)6(8)9;1-3-4(2)5(7)6(8)9;1-2(6)3(5)4(7)8/h4H,1-3,7H2,(H,11,12)(H4,8,9,10);2*4-5H,3,7H2,1-2H3,(H,8,9);2-3,6H,5H2,1H3,(H,7,8). The maximum Gasteiger partial charge on any atom is 0.323 e. The molecule has 0 fully saturated rings. The molecule has 0 radical (unpaired) electrons. The van der Waals surface area contributed by atoms with E-state index in [1.54, 1.807) is 0 Å². The van der Waals surface area contributed by atoms with Crippen LogP contribution in [0.25, 0.3) is 0 Å². The minimum atomic E-state index is -1.18. The Labute approximate surface area is 223 Å². The Balaban J connectivity index is -0.000000205. The van der Waals surface area contributed by atoms with Crippen molar-refractivity contribution in [1.29, 1.82) is 5.41 Å². The van der Waals surface area contributed by atoms with E-state index in [0.717, 1.165) is 6.42 Å². The molecule has 0 bridgehead atoms. The number of carboxylic acids is 4. The van der Waals surface area contributed by atoms with Crippen molar-refractivity contribution >= 4 is 29.8 Å². The molecular weight excluding hydrogens is 506 g/mol. The predicted molar refractivity (Wildman–Crippen MR) is 142 cm³/mol. The molecule has 0 amide bonds. The largest absolute Gasteiger partial charge is 0.480 e. The lowest BCUT2D eigenvalue weighted by Crippen LogP contribution is -2.39. The molecule has 38 heavy (non-hydrogen) atoms. The smallest absolute Gasteiger partial charge is 0.323 e. The van der Waals surface area contributed by atoms with Gasteiger partial charge in [-0.25, -0.2) is 0 Å². The number of aliphatic carboxylic acids is 4. The highest BCUT2D eigenvalue weighted by atomic mass is 16.4. The van der Waals surface area contributed by atoms with Crippen LogP contribution in [0.2, 0.25) is 0 Å². The van der Waals surface area contributed by atoms with Gasteiger partial charge in [0.05, 0.1) is 6.10 Å². The fraction of sp³-hybridized carbons (Fsp3) is 0.773. The number of rotatable bonds is 13. The Morgan fingerprint density at radius 3 is 1.39 bits per heavy atom. The third-order valence-electron chi connectivity index (χ3n) is 4.71. The quantitative estimate of drug-likeness (QED) is 0.0686. The van der Waals surface area contributed by atoms with Gasteiger partial charge in [0.1, 0.15) is 24.2 Å². The first kappa shape index (κ1) is 42.1. The van der Waals surface area contributed by atoms with Crippen LogP contribution in [0.5, 0.6) is 0 Å². The van der Waals surface area contributed by atoms with Crippen molar-refractivity contribution in [3.05, 3.63) is 0 Å². The highest BCUT2D eigenvalue weighted by molar-refractivity contribution is 5.75. The first-order valence-electron chi connectivity index (χ1n) is 11.9. The molecule has 16 heteroatoms. The molecule has 0 rings (SSSR count). The zero-order valence-electron chi connectivity index (χ0n) is 22.8. The fourth-order valence-corrected chi connectivity index (χ4v) is 1.98. The molecule has 0 saturated carbocycles. The molecule has 0 aromatic rings. The molecule has 0 aromatic carbocycles. The number of carboxylic acid groups (broad SMARTS) is 4. The first-order chi connectivity index (χ1) is 17.2. The maximum atomic E-state index is 10.2. The molecule has 6 unspecified atom stereocenters. The van der Waals surface area contributed by atoms with E-state index in [4.69, 9.17) is 59.6 Å². The summed E-state index contributed by atoms with van der Waals surface area (Å²) in [7, 11) is 0. The van der Waals surface area contributed by atoms with Gasteiger partial charge in [-0.1, -0.05) is 34.1 Å². The number of hydrogen-bond acceptors (Lipinski definition) is 10. The van der Waals surface area contributed by atoms with Crippen LogP contribution in [0, 0.1) is 17.2 Å². The van der Waals surface area contributed by atoms with E-state index in [1.165, 1.54) is 6.92 Å². The van der Waals surface area contributed by atoms with E-state index >= 15 is 0 Å². The Morgan fingerprint density at radius 1 is 0.789 bits per heavy atom. The number of nitrogens with one attached hydrogen (secondary N) is 2. The molecule has 0 heterocycles. The number of carbonyl (C=O) groups is 4. The summed E-state index contributed by atoms with van der Waals surface area (Å²) in [5, 5.41) is 50.9. The van der Waals surface area contributed by atoms with Crippen LogP contribution < -0.4 is 34.0 Å². The summed E-state index contributed by atoms with van der Waals surface area (Å²) in [6, 6.07) is -3.37. The van der Waals surface area contributed by atoms with E-state index in [1.807, 2.05) is 27.7 Å². The Morgan fingerprint density at radius 2 is 1.21 bits per heavy atom. The lowest BCUT2D eigenvalue weighted by molar-refractivity contribution is -0.141. The summed E-state index contributed by atoms with van der Waals surface area (Å²) in [4.78, 5) is 40.4. The van der Waals surface area contributed by atoms with Crippen molar-refractivity contribution in [2.24, 2.45) is 40.5 Å². The molecular formula is C22H49N7O9. The Kier molecular flexibility index (Phi) is 26.9. The van der Waals surface area contributed by atoms with Crippen molar-refractivity contribution < 1.29 is 44.7 Å². The lowest BCUT2D eigenvalue weighted by atomic mass is 10.0.